The van der Waals surface area contributed by atoms with Crippen molar-refractivity contribution in [3.8, 4) is 12.3 Å². The normalized spacial score (nSPS) is 12.4. The predicted molar refractivity (Wildman–Crippen MR) is 56.3 cm³/mol. The van der Waals surface area contributed by atoms with E-state index in [0.29, 0.717) is 6.42 Å². The molecule has 0 spiro atoms. The van der Waals surface area contributed by atoms with Crippen LogP contribution in [-0.2, 0) is 0 Å². The fourth-order valence-corrected chi connectivity index (χ4v) is 1.47. The van der Waals surface area contributed by atoms with Crippen LogP contribution in [0.2, 0.25) is 0 Å². The zero-order chi connectivity index (χ0) is 9.68. The molecule has 70 valence electrons. The van der Waals surface area contributed by atoms with E-state index in [1.54, 1.807) is 0 Å². The summed E-state index contributed by atoms with van der Waals surface area (Å²) in [5.41, 5.74) is 0. The zero-order valence-corrected chi connectivity index (χ0v) is 9.10. The van der Waals surface area contributed by atoms with Crippen molar-refractivity contribution in [3.05, 3.63) is 22.6 Å². The summed E-state index contributed by atoms with van der Waals surface area (Å²) in [7, 11) is 0. The molecule has 0 saturated heterocycles. The van der Waals surface area contributed by atoms with Crippen LogP contribution >= 0.6 is 15.9 Å². The Hall–Kier alpha value is -0.720. The largest absolute Gasteiger partial charge is 0.453 e. The second-order valence-corrected chi connectivity index (χ2v) is 3.44. The van der Waals surface area contributed by atoms with Crippen molar-refractivity contribution in [1.29, 1.82) is 0 Å². The van der Waals surface area contributed by atoms with Gasteiger partial charge in [-0.15, -0.1) is 12.3 Å². The van der Waals surface area contributed by atoms with Crippen LogP contribution < -0.4 is 5.32 Å². The molecule has 1 heterocycles. The lowest BCUT2D eigenvalue weighted by atomic mass is 10.1. The lowest BCUT2D eigenvalue weighted by Crippen LogP contribution is -2.19. The molecule has 2 nitrogen and oxygen atoms in total. The summed E-state index contributed by atoms with van der Waals surface area (Å²) in [6.45, 7) is 2.92. The van der Waals surface area contributed by atoms with Crippen molar-refractivity contribution >= 4 is 15.9 Å². The van der Waals surface area contributed by atoms with Crippen LogP contribution in [0.3, 0.4) is 0 Å². The standard InChI is InChI=1S/C10H12BrNO/c1-3-5-8(12-4-2)9-6-7-10(11)13-9/h1,6-8,12H,4-5H2,2H3. The number of hydrogen-bond donors (Lipinski definition) is 1. The Bertz CT molecular complexity index is 300. The quantitative estimate of drug-likeness (QED) is 0.821. The highest BCUT2D eigenvalue weighted by Gasteiger charge is 2.12. The van der Waals surface area contributed by atoms with Gasteiger partial charge in [-0.25, -0.2) is 0 Å². The lowest BCUT2D eigenvalue weighted by molar-refractivity contribution is 0.411. The summed E-state index contributed by atoms with van der Waals surface area (Å²) in [6, 6.07) is 3.92. The van der Waals surface area contributed by atoms with Gasteiger partial charge in [-0.2, -0.15) is 0 Å². The highest BCUT2D eigenvalue weighted by Crippen LogP contribution is 2.22. The lowest BCUT2D eigenvalue weighted by Gasteiger charge is -2.11. The third-order valence-electron chi connectivity index (χ3n) is 1.71. The van der Waals surface area contributed by atoms with Gasteiger partial charge in [0.05, 0.1) is 6.04 Å². The van der Waals surface area contributed by atoms with Crippen LogP contribution in [0.15, 0.2) is 21.2 Å². The second kappa shape index (κ2) is 5.11. The first kappa shape index (κ1) is 10.4. The first-order valence-electron chi connectivity index (χ1n) is 4.20. The maximum absolute atomic E-state index is 5.41. The highest BCUT2D eigenvalue weighted by atomic mass is 79.9. The SMILES string of the molecule is C#CCC(NCC)c1ccc(Br)o1. The third-order valence-corrected chi connectivity index (χ3v) is 2.14. The van der Waals surface area contributed by atoms with Crippen molar-refractivity contribution in [1.82, 2.24) is 5.32 Å². The van der Waals surface area contributed by atoms with Crippen LogP contribution in [0.5, 0.6) is 0 Å². The smallest absolute Gasteiger partial charge is 0.169 e. The highest BCUT2D eigenvalue weighted by molar-refractivity contribution is 9.10. The number of hydrogen-bond acceptors (Lipinski definition) is 2. The molecule has 1 atom stereocenters. The number of nitrogens with one attached hydrogen (secondary N) is 1. The Balaban J connectivity index is 2.70. The van der Waals surface area contributed by atoms with Gasteiger partial charge in [0.1, 0.15) is 5.76 Å². The van der Waals surface area contributed by atoms with Gasteiger partial charge in [0, 0.05) is 6.42 Å². The van der Waals surface area contributed by atoms with Gasteiger partial charge in [-0.1, -0.05) is 6.92 Å². The maximum atomic E-state index is 5.41. The molecule has 1 rings (SSSR count). The summed E-state index contributed by atoms with van der Waals surface area (Å²) in [5, 5.41) is 3.26. The molecular formula is C10H12BrNO. The number of terminal acetylenes is 1. The molecule has 0 fully saturated rings. The van der Waals surface area contributed by atoms with Crippen molar-refractivity contribution in [2.24, 2.45) is 0 Å². The van der Waals surface area contributed by atoms with E-state index in [4.69, 9.17) is 10.8 Å². The summed E-state index contributed by atoms with van der Waals surface area (Å²) in [5.74, 6) is 3.50. The van der Waals surface area contributed by atoms with Gasteiger partial charge in [0.25, 0.3) is 0 Å². The first-order valence-corrected chi connectivity index (χ1v) is 4.99. The minimum Gasteiger partial charge on any atom is -0.453 e. The average Bonchev–Trinajstić information content (AvgIpc) is 2.51. The van der Waals surface area contributed by atoms with Crippen LogP contribution in [0, 0.1) is 12.3 Å². The van der Waals surface area contributed by atoms with Gasteiger partial charge in [-0.05, 0) is 34.6 Å². The van der Waals surface area contributed by atoms with E-state index in [0.717, 1.165) is 17.0 Å². The Labute approximate surface area is 86.8 Å². The summed E-state index contributed by atoms with van der Waals surface area (Å²) >= 11 is 3.26. The third kappa shape index (κ3) is 2.91. The number of furan rings is 1. The van der Waals surface area contributed by atoms with Crippen LogP contribution in [-0.4, -0.2) is 6.54 Å². The van der Waals surface area contributed by atoms with E-state index in [1.807, 2.05) is 19.1 Å². The molecule has 1 unspecified atom stereocenters. The zero-order valence-electron chi connectivity index (χ0n) is 7.51. The summed E-state index contributed by atoms with van der Waals surface area (Å²) in [4.78, 5) is 0. The molecule has 0 aliphatic rings. The molecule has 3 heteroatoms. The Morgan fingerprint density at radius 1 is 1.69 bits per heavy atom. The monoisotopic (exact) mass is 241 g/mol. The van der Waals surface area contributed by atoms with Crippen molar-refractivity contribution in [2.75, 3.05) is 6.54 Å². The molecule has 1 aromatic heterocycles. The minimum atomic E-state index is 0.126. The second-order valence-electron chi connectivity index (χ2n) is 2.66. The summed E-state index contributed by atoms with van der Waals surface area (Å²) < 4.78 is 6.15. The molecule has 0 aliphatic heterocycles. The molecule has 0 bridgehead atoms. The maximum Gasteiger partial charge on any atom is 0.169 e. The molecule has 1 N–H and O–H groups in total. The predicted octanol–water partition coefficient (Wildman–Crippen LogP) is 2.72. The van der Waals surface area contributed by atoms with E-state index in [2.05, 4.69) is 27.2 Å². The van der Waals surface area contributed by atoms with Gasteiger partial charge in [0.15, 0.2) is 4.67 Å². The summed E-state index contributed by atoms with van der Waals surface area (Å²) in [6.07, 6.45) is 5.91. The van der Waals surface area contributed by atoms with E-state index < -0.39 is 0 Å². The molecule has 0 aliphatic carbocycles. The van der Waals surface area contributed by atoms with Crippen molar-refractivity contribution in [2.45, 2.75) is 19.4 Å². The van der Waals surface area contributed by atoms with E-state index >= 15 is 0 Å². The number of rotatable bonds is 4. The molecule has 0 radical (unpaired) electrons. The van der Waals surface area contributed by atoms with Gasteiger partial charge >= 0.3 is 0 Å². The van der Waals surface area contributed by atoms with E-state index in [9.17, 15) is 0 Å². The average molecular weight is 242 g/mol. The number of halogens is 1. The van der Waals surface area contributed by atoms with E-state index in [1.165, 1.54) is 0 Å². The first-order chi connectivity index (χ1) is 6.27. The van der Waals surface area contributed by atoms with E-state index in [-0.39, 0.29) is 6.04 Å². The molecule has 13 heavy (non-hydrogen) atoms. The molecule has 0 aromatic carbocycles. The molecule has 0 amide bonds. The van der Waals surface area contributed by atoms with Crippen LogP contribution in [0.1, 0.15) is 25.1 Å². The Morgan fingerprint density at radius 2 is 2.46 bits per heavy atom. The molecular weight excluding hydrogens is 230 g/mol. The molecule has 1 aromatic rings. The molecule has 0 saturated carbocycles. The van der Waals surface area contributed by atoms with Gasteiger partial charge in [0.2, 0.25) is 0 Å². The Morgan fingerprint density at radius 3 is 2.92 bits per heavy atom. The van der Waals surface area contributed by atoms with Crippen molar-refractivity contribution < 1.29 is 4.42 Å². The topological polar surface area (TPSA) is 25.2 Å². The van der Waals surface area contributed by atoms with Crippen LogP contribution in [0.25, 0.3) is 0 Å². The Kier molecular flexibility index (Phi) is 4.07. The van der Waals surface area contributed by atoms with Crippen molar-refractivity contribution in [3.63, 3.8) is 0 Å². The fourth-order valence-electron chi connectivity index (χ4n) is 1.15. The minimum absolute atomic E-state index is 0.126. The van der Waals surface area contributed by atoms with Gasteiger partial charge < -0.3 is 9.73 Å². The van der Waals surface area contributed by atoms with Crippen LogP contribution in [0.4, 0.5) is 0 Å². The van der Waals surface area contributed by atoms with Gasteiger partial charge in [-0.3, -0.25) is 0 Å². The fraction of sp³-hybridized carbons (Fsp3) is 0.400.